The first-order valence-corrected chi connectivity index (χ1v) is 6.75. The first-order chi connectivity index (χ1) is 7.97. The van der Waals surface area contributed by atoms with Crippen molar-refractivity contribution >= 4 is 0 Å². The van der Waals surface area contributed by atoms with Crippen molar-refractivity contribution in [2.24, 2.45) is 16.7 Å². The van der Waals surface area contributed by atoms with E-state index in [1.54, 1.807) is 0 Å². The van der Waals surface area contributed by atoms with Gasteiger partial charge in [-0.05, 0) is 53.6 Å². The van der Waals surface area contributed by atoms with Crippen LogP contribution in [-0.4, -0.2) is 5.11 Å². The highest BCUT2D eigenvalue weighted by Crippen LogP contribution is 2.71. The van der Waals surface area contributed by atoms with Crippen LogP contribution < -0.4 is 0 Å². The number of rotatable bonds is 1. The number of fused-ring (bicyclic) bond motifs is 2. The van der Waals surface area contributed by atoms with Crippen LogP contribution in [0.2, 0.25) is 0 Å². The van der Waals surface area contributed by atoms with E-state index in [2.05, 4.69) is 32.9 Å². The van der Waals surface area contributed by atoms with Crippen LogP contribution >= 0.6 is 0 Å². The van der Waals surface area contributed by atoms with E-state index in [1.165, 1.54) is 24.8 Å². The van der Waals surface area contributed by atoms with E-state index >= 15 is 0 Å². The topological polar surface area (TPSA) is 20.2 Å². The molecule has 17 heavy (non-hydrogen) atoms. The molecule has 0 heterocycles. The Balaban J connectivity index is 2.06. The Hall–Kier alpha value is -0.980. The Bertz CT molecular complexity index is 449. The molecule has 0 amide bonds. The minimum absolute atomic E-state index is 0.358. The van der Waals surface area contributed by atoms with Gasteiger partial charge in [-0.2, -0.15) is 0 Å². The Labute approximate surface area is 104 Å². The first-order valence-electron chi connectivity index (χ1n) is 6.75. The van der Waals surface area contributed by atoms with E-state index < -0.39 is 0 Å². The molecular weight excluding hydrogens is 208 g/mol. The Morgan fingerprint density at radius 1 is 1.18 bits per heavy atom. The molecule has 2 aliphatic carbocycles. The van der Waals surface area contributed by atoms with Crippen molar-refractivity contribution in [2.75, 3.05) is 0 Å². The van der Waals surface area contributed by atoms with Gasteiger partial charge in [-0.3, -0.25) is 0 Å². The summed E-state index contributed by atoms with van der Waals surface area (Å²) in [6.07, 6.45) is 3.93. The molecule has 1 aromatic rings. The molecule has 0 spiro atoms. The monoisotopic (exact) mass is 230 g/mol. The van der Waals surface area contributed by atoms with Crippen LogP contribution in [0.5, 0.6) is 5.75 Å². The van der Waals surface area contributed by atoms with Crippen molar-refractivity contribution in [3.63, 3.8) is 0 Å². The van der Waals surface area contributed by atoms with E-state index in [0.717, 1.165) is 5.92 Å². The zero-order valence-corrected chi connectivity index (χ0v) is 11.0. The van der Waals surface area contributed by atoms with E-state index in [0.29, 0.717) is 22.5 Å². The number of para-hydroxylation sites is 1. The number of phenols is 1. The third-order valence-electron chi connectivity index (χ3n) is 6.11. The number of benzene rings is 1. The minimum atomic E-state index is 0.358. The number of aromatic hydroxyl groups is 1. The fourth-order valence-corrected chi connectivity index (χ4v) is 4.46. The smallest absolute Gasteiger partial charge is 0.119 e. The summed E-state index contributed by atoms with van der Waals surface area (Å²) >= 11 is 0. The van der Waals surface area contributed by atoms with Gasteiger partial charge in [0.15, 0.2) is 0 Å². The van der Waals surface area contributed by atoms with Crippen LogP contribution in [0.3, 0.4) is 0 Å². The summed E-state index contributed by atoms with van der Waals surface area (Å²) in [6.45, 7) is 7.27. The highest BCUT2D eigenvalue weighted by molar-refractivity contribution is 5.38. The van der Waals surface area contributed by atoms with Gasteiger partial charge in [0.05, 0.1) is 0 Å². The van der Waals surface area contributed by atoms with Crippen LogP contribution in [0.4, 0.5) is 0 Å². The summed E-state index contributed by atoms with van der Waals surface area (Å²) < 4.78 is 0. The highest BCUT2D eigenvalue weighted by Gasteiger charge is 2.61. The van der Waals surface area contributed by atoms with E-state index in [1.807, 2.05) is 12.1 Å². The molecule has 0 aromatic heterocycles. The molecule has 0 aliphatic heterocycles. The zero-order valence-electron chi connectivity index (χ0n) is 11.0. The van der Waals surface area contributed by atoms with E-state index in [4.69, 9.17) is 0 Å². The molecule has 2 saturated carbocycles. The quantitative estimate of drug-likeness (QED) is 0.761. The average Bonchev–Trinajstić information content (AvgIpc) is 2.62. The second-order valence-corrected chi connectivity index (χ2v) is 6.72. The third-order valence-corrected chi connectivity index (χ3v) is 6.11. The lowest BCUT2D eigenvalue weighted by Gasteiger charge is -2.39. The SMILES string of the molecule is CC1(C)[C@H]2CC[C@]1(C)[C@@H](c1ccccc1O)C2. The molecule has 0 radical (unpaired) electrons. The number of phenolic OH excluding ortho intramolecular Hbond substituents is 1. The van der Waals surface area contributed by atoms with Gasteiger partial charge < -0.3 is 5.11 Å². The second-order valence-electron chi connectivity index (χ2n) is 6.72. The minimum Gasteiger partial charge on any atom is -0.508 e. The standard InChI is InChI=1S/C16H22O/c1-15(2)11-8-9-16(15,3)13(10-11)12-6-4-5-7-14(12)17/h4-7,11,13,17H,8-10H2,1-3H3/t11-,13+,16+/m0/s1. The molecule has 3 atom stereocenters. The summed E-state index contributed by atoms with van der Waals surface area (Å²) in [5.41, 5.74) is 1.95. The van der Waals surface area contributed by atoms with Gasteiger partial charge in [0, 0.05) is 0 Å². The molecule has 1 heteroatoms. The summed E-state index contributed by atoms with van der Waals surface area (Å²) in [4.78, 5) is 0. The fraction of sp³-hybridized carbons (Fsp3) is 0.625. The largest absolute Gasteiger partial charge is 0.508 e. The lowest BCUT2D eigenvalue weighted by molar-refractivity contribution is 0.133. The van der Waals surface area contributed by atoms with Crippen LogP contribution in [0.15, 0.2) is 24.3 Å². The summed E-state index contributed by atoms with van der Waals surface area (Å²) in [5, 5.41) is 10.1. The number of hydrogen-bond acceptors (Lipinski definition) is 1. The molecule has 0 unspecified atom stereocenters. The predicted molar refractivity (Wildman–Crippen MR) is 70.1 cm³/mol. The fourth-order valence-electron chi connectivity index (χ4n) is 4.46. The summed E-state index contributed by atoms with van der Waals surface area (Å²) in [6, 6.07) is 7.91. The molecule has 2 fully saturated rings. The molecule has 92 valence electrons. The van der Waals surface area contributed by atoms with Crippen LogP contribution in [-0.2, 0) is 0 Å². The van der Waals surface area contributed by atoms with Gasteiger partial charge >= 0.3 is 0 Å². The maximum Gasteiger partial charge on any atom is 0.119 e. The summed E-state index contributed by atoms with van der Waals surface area (Å²) in [7, 11) is 0. The van der Waals surface area contributed by atoms with Crippen LogP contribution in [0.1, 0.15) is 51.5 Å². The van der Waals surface area contributed by atoms with Gasteiger partial charge in [-0.1, -0.05) is 39.0 Å². The third kappa shape index (κ3) is 1.26. The van der Waals surface area contributed by atoms with Crippen LogP contribution in [0, 0.1) is 16.7 Å². The normalized spacial score (nSPS) is 38.5. The zero-order chi connectivity index (χ0) is 12.3. The molecule has 0 saturated heterocycles. The molecule has 1 N–H and O–H groups in total. The van der Waals surface area contributed by atoms with E-state index in [9.17, 15) is 5.11 Å². The van der Waals surface area contributed by atoms with Crippen molar-refractivity contribution < 1.29 is 5.11 Å². The van der Waals surface area contributed by atoms with Gasteiger partial charge in [-0.25, -0.2) is 0 Å². The van der Waals surface area contributed by atoms with Gasteiger partial charge in [-0.15, -0.1) is 0 Å². The molecule has 2 bridgehead atoms. The molecule has 2 aliphatic rings. The Kier molecular flexibility index (Phi) is 2.14. The van der Waals surface area contributed by atoms with Crippen molar-refractivity contribution in [3.8, 4) is 5.75 Å². The van der Waals surface area contributed by atoms with Gasteiger partial charge in [0.2, 0.25) is 0 Å². The number of hydrogen-bond donors (Lipinski definition) is 1. The van der Waals surface area contributed by atoms with Crippen LogP contribution in [0.25, 0.3) is 0 Å². The maximum absolute atomic E-state index is 10.1. The van der Waals surface area contributed by atoms with Crippen molar-refractivity contribution in [1.82, 2.24) is 0 Å². The Morgan fingerprint density at radius 3 is 2.41 bits per heavy atom. The van der Waals surface area contributed by atoms with E-state index in [-0.39, 0.29) is 0 Å². The summed E-state index contributed by atoms with van der Waals surface area (Å²) in [5.74, 6) is 1.86. The highest BCUT2D eigenvalue weighted by atomic mass is 16.3. The molecule has 3 rings (SSSR count). The van der Waals surface area contributed by atoms with Crippen molar-refractivity contribution in [3.05, 3.63) is 29.8 Å². The second kappa shape index (κ2) is 3.28. The van der Waals surface area contributed by atoms with Gasteiger partial charge in [0.1, 0.15) is 5.75 Å². The molecule has 1 aromatic carbocycles. The Morgan fingerprint density at radius 2 is 1.88 bits per heavy atom. The predicted octanol–water partition coefficient (Wildman–Crippen LogP) is 4.32. The molecule has 1 nitrogen and oxygen atoms in total. The first kappa shape index (κ1) is 11.1. The van der Waals surface area contributed by atoms with Crippen molar-refractivity contribution in [1.29, 1.82) is 0 Å². The lowest BCUT2D eigenvalue weighted by atomic mass is 9.65. The lowest BCUT2D eigenvalue weighted by Crippen LogP contribution is -2.31. The van der Waals surface area contributed by atoms with Gasteiger partial charge in [0.25, 0.3) is 0 Å². The maximum atomic E-state index is 10.1. The average molecular weight is 230 g/mol. The molecular formula is C16H22O. The van der Waals surface area contributed by atoms with Crippen molar-refractivity contribution in [2.45, 2.75) is 46.0 Å².